The molecule has 0 aliphatic carbocycles. The number of carbonyl (C=O) groups excluding carboxylic acids is 1. The van der Waals surface area contributed by atoms with Gasteiger partial charge in [-0.3, -0.25) is 14.7 Å². The molecule has 0 unspecified atom stereocenters. The number of methoxy groups -OCH3 is 1. The van der Waals surface area contributed by atoms with Gasteiger partial charge in [0.25, 0.3) is 5.91 Å². The molecule has 0 saturated carbocycles. The van der Waals surface area contributed by atoms with E-state index in [0.29, 0.717) is 18.7 Å². The minimum atomic E-state index is -0.706. The van der Waals surface area contributed by atoms with Crippen LogP contribution in [0.1, 0.15) is 39.5 Å². The second-order valence-corrected chi connectivity index (χ2v) is 8.20. The predicted molar refractivity (Wildman–Crippen MR) is 134 cm³/mol. The van der Waals surface area contributed by atoms with Crippen LogP contribution >= 0.6 is 0 Å². The highest BCUT2D eigenvalue weighted by Crippen LogP contribution is 2.29. The van der Waals surface area contributed by atoms with Crippen molar-refractivity contribution in [3.8, 4) is 11.5 Å². The summed E-state index contributed by atoms with van der Waals surface area (Å²) in [6.07, 6.45) is 1.59. The van der Waals surface area contributed by atoms with E-state index in [1.807, 2.05) is 60.7 Å². The molecule has 35 heavy (non-hydrogen) atoms. The molecule has 0 aliphatic heterocycles. The summed E-state index contributed by atoms with van der Waals surface area (Å²) in [6, 6.07) is 27.7. The molecule has 0 fully saturated rings. The maximum absolute atomic E-state index is 13.5. The molecule has 0 aliphatic rings. The van der Waals surface area contributed by atoms with Gasteiger partial charge in [-0.2, -0.15) is 5.10 Å². The van der Waals surface area contributed by atoms with E-state index in [1.165, 1.54) is 0 Å². The van der Waals surface area contributed by atoms with Crippen LogP contribution in [-0.2, 0) is 6.54 Å². The lowest BCUT2D eigenvalue weighted by Gasteiger charge is -2.26. The lowest BCUT2D eigenvalue weighted by molar-refractivity contribution is 0.0728. The molecule has 4 rings (SSSR count). The van der Waals surface area contributed by atoms with Crippen LogP contribution in [0.4, 0.5) is 0 Å². The first kappa shape index (κ1) is 23.8. The summed E-state index contributed by atoms with van der Waals surface area (Å²) in [5.41, 5.74) is 2.26. The van der Waals surface area contributed by atoms with Gasteiger partial charge < -0.3 is 14.7 Å². The van der Waals surface area contributed by atoms with E-state index in [4.69, 9.17) is 4.74 Å². The summed E-state index contributed by atoms with van der Waals surface area (Å²) < 4.78 is 5.24. The second kappa shape index (κ2) is 11.2. The first-order valence-corrected chi connectivity index (χ1v) is 11.4. The van der Waals surface area contributed by atoms with Crippen LogP contribution in [0.15, 0.2) is 95.9 Å². The standard InChI is InChI=1S/C28H27N3O4/c1-35-23-14-12-20(13-15-23)19-31(28(34)26-27(33)25(32)18-29-30-26)17-16-24(21-8-4-2-5-9-21)22-10-6-3-7-11-22/h2-15,18,24H,16-17,19H2,1H3,(H,29,33)(H,30,32). The van der Waals surface area contributed by atoms with Crippen LogP contribution in [-0.4, -0.2) is 39.8 Å². The molecule has 2 N–H and O–H groups in total. The number of benzene rings is 3. The molecule has 0 spiro atoms. The van der Waals surface area contributed by atoms with Gasteiger partial charge in [0.2, 0.25) is 5.43 Å². The molecular weight excluding hydrogens is 442 g/mol. The molecule has 7 nitrogen and oxygen atoms in total. The molecule has 0 saturated heterocycles. The molecule has 1 amide bonds. The quantitative estimate of drug-likeness (QED) is 0.380. The number of aromatic nitrogens is 2. The van der Waals surface area contributed by atoms with Gasteiger partial charge in [0.15, 0.2) is 11.4 Å². The SMILES string of the molecule is COc1ccc(CN(CCC(c2ccccc2)c2ccccc2)C(=O)c2[nH]ncc(=O)c2O)cc1. The van der Waals surface area contributed by atoms with Crippen molar-refractivity contribution < 1.29 is 14.6 Å². The fourth-order valence-electron chi connectivity index (χ4n) is 4.09. The third-order valence-electron chi connectivity index (χ3n) is 5.95. The van der Waals surface area contributed by atoms with E-state index < -0.39 is 17.1 Å². The normalized spacial score (nSPS) is 10.8. The molecule has 7 heteroatoms. The number of amides is 1. The van der Waals surface area contributed by atoms with E-state index >= 15 is 0 Å². The van der Waals surface area contributed by atoms with Gasteiger partial charge in [-0.05, 0) is 35.2 Å². The second-order valence-electron chi connectivity index (χ2n) is 8.20. The van der Waals surface area contributed by atoms with E-state index in [0.717, 1.165) is 22.9 Å². The molecule has 0 atom stereocenters. The molecular formula is C28H27N3O4. The summed E-state index contributed by atoms with van der Waals surface area (Å²) in [4.78, 5) is 27.0. The Balaban J connectivity index is 1.64. The van der Waals surface area contributed by atoms with Crippen LogP contribution in [0.3, 0.4) is 0 Å². The molecule has 3 aromatic carbocycles. The van der Waals surface area contributed by atoms with Crippen molar-refractivity contribution in [3.63, 3.8) is 0 Å². The zero-order valence-electron chi connectivity index (χ0n) is 19.4. The Hall–Kier alpha value is -4.39. The molecule has 0 radical (unpaired) electrons. The highest BCUT2D eigenvalue weighted by molar-refractivity contribution is 5.94. The van der Waals surface area contributed by atoms with Gasteiger partial charge in [-0.25, -0.2) is 0 Å². The van der Waals surface area contributed by atoms with Crippen molar-refractivity contribution in [1.82, 2.24) is 15.1 Å². The average Bonchev–Trinajstić information content (AvgIpc) is 2.91. The van der Waals surface area contributed by atoms with Crippen LogP contribution in [0, 0.1) is 0 Å². The van der Waals surface area contributed by atoms with Crippen molar-refractivity contribution in [2.75, 3.05) is 13.7 Å². The first-order valence-electron chi connectivity index (χ1n) is 11.4. The summed E-state index contributed by atoms with van der Waals surface area (Å²) in [5, 5.41) is 16.4. The Morgan fingerprint density at radius 3 is 2.14 bits per heavy atom. The fraction of sp³-hybridized carbons (Fsp3) is 0.179. The van der Waals surface area contributed by atoms with Gasteiger partial charge in [-0.1, -0.05) is 72.8 Å². The van der Waals surface area contributed by atoms with Gasteiger partial charge >= 0.3 is 0 Å². The third kappa shape index (κ3) is 5.76. The number of aromatic amines is 1. The van der Waals surface area contributed by atoms with Crippen molar-refractivity contribution in [2.45, 2.75) is 18.9 Å². The monoisotopic (exact) mass is 469 g/mol. The van der Waals surface area contributed by atoms with Gasteiger partial charge in [0, 0.05) is 19.0 Å². The summed E-state index contributed by atoms with van der Waals surface area (Å²) in [7, 11) is 1.60. The predicted octanol–water partition coefficient (Wildman–Crippen LogP) is 4.35. The maximum Gasteiger partial charge on any atom is 0.276 e. The molecule has 1 aromatic heterocycles. The van der Waals surface area contributed by atoms with Gasteiger partial charge in [0.1, 0.15) is 5.75 Å². The van der Waals surface area contributed by atoms with Crippen molar-refractivity contribution in [2.24, 2.45) is 0 Å². The minimum absolute atomic E-state index is 0.0603. The van der Waals surface area contributed by atoms with Crippen molar-refractivity contribution in [1.29, 1.82) is 0 Å². The largest absolute Gasteiger partial charge is 0.502 e. The van der Waals surface area contributed by atoms with Crippen LogP contribution in [0.2, 0.25) is 0 Å². The lowest BCUT2D eigenvalue weighted by Crippen LogP contribution is -2.34. The zero-order chi connectivity index (χ0) is 24.6. The summed E-state index contributed by atoms with van der Waals surface area (Å²) >= 11 is 0. The van der Waals surface area contributed by atoms with E-state index in [-0.39, 0.29) is 18.2 Å². The number of ether oxygens (including phenoxy) is 1. The first-order chi connectivity index (χ1) is 17.1. The molecule has 178 valence electrons. The third-order valence-corrected chi connectivity index (χ3v) is 5.95. The average molecular weight is 470 g/mol. The lowest BCUT2D eigenvalue weighted by atomic mass is 9.88. The molecule has 4 aromatic rings. The number of hydrogen-bond acceptors (Lipinski definition) is 5. The van der Waals surface area contributed by atoms with Crippen LogP contribution in [0.25, 0.3) is 0 Å². The number of H-pyrrole nitrogens is 1. The summed E-state index contributed by atoms with van der Waals surface area (Å²) in [6.45, 7) is 0.672. The van der Waals surface area contributed by atoms with Crippen LogP contribution in [0.5, 0.6) is 11.5 Å². The van der Waals surface area contributed by atoms with Gasteiger partial charge in [0.05, 0.1) is 13.3 Å². The highest BCUT2D eigenvalue weighted by atomic mass is 16.5. The van der Waals surface area contributed by atoms with Crippen molar-refractivity contribution >= 4 is 5.91 Å². The topological polar surface area (TPSA) is 95.5 Å². The number of hydrogen-bond donors (Lipinski definition) is 2. The summed E-state index contributed by atoms with van der Waals surface area (Å²) in [5.74, 6) is -0.352. The van der Waals surface area contributed by atoms with Crippen molar-refractivity contribution in [3.05, 3.63) is 124 Å². The number of nitrogens with one attached hydrogen (secondary N) is 1. The van der Waals surface area contributed by atoms with Gasteiger partial charge in [-0.15, -0.1) is 0 Å². The Morgan fingerprint density at radius 2 is 1.57 bits per heavy atom. The number of carbonyl (C=O) groups is 1. The Bertz CT molecular complexity index is 1270. The molecule has 1 heterocycles. The van der Waals surface area contributed by atoms with E-state index in [2.05, 4.69) is 34.5 Å². The Kier molecular flexibility index (Phi) is 7.57. The zero-order valence-corrected chi connectivity index (χ0v) is 19.4. The number of aromatic hydroxyl groups is 1. The highest BCUT2D eigenvalue weighted by Gasteiger charge is 2.24. The van der Waals surface area contributed by atoms with E-state index in [1.54, 1.807) is 12.0 Å². The number of rotatable bonds is 9. The Morgan fingerprint density at radius 1 is 0.971 bits per heavy atom. The number of nitrogens with zero attached hydrogens (tertiary/aromatic N) is 2. The van der Waals surface area contributed by atoms with E-state index in [9.17, 15) is 14.7 Å². The van der Waals surface area contributed by atoms with Crippen LogP contribution < -0.4 is 10.2 Å². The smallest absolute Gasteiger partial charge is 0.276 e. The molecule has 0 bridgehead atoms. The Labute approximate surface area is 203 Å². The minimum Gasteiger partial charge on any atom is -0.502 e. The fourth-order valence-corrected chi connectivity index (χ4v) is 4.09. The maximum atomic E-state index is 13.5.